The van der Waals surface area contributed by atoms with E-state index in [-0.39, 0.29) is 0 Å². The smallest absolute Gasteiger partial charge is 0.0352 e. The van der Waals surface area contributed by atoms with Crippen LogP contribution in [0.15, 0.2) is 0 Å². The van der Waals surface area contributed by atoms with Crippen molar-refractivity contribution in [2.24, 2.45) is 29.6 Å². The van der Waals surface area contributed by atoms with Crippen LogP contribution in [0.2, 0.25) is 0 Å². The highest BCUT2D eigenvalue weighted by Gasteiger charge is 2.52. The van der Waals surface area contributed by atoms with Crippen molar-refractivity contribution in [2.45, 2.75) is 51.9 Å². The Kier molecular flexibility index (Phi) is 1.92. The standard InChI is InChI=1S/C13H22/c1-2-4-9-7-10-8-13(9)12-6-3-5-11(10)12/h9-13H,2-8H2,1H3. The molecule has 74 valence electrons. The van der Waals surface area contributed by atoms with Crippen LogP contribution in [0.5, 0.6) is 0 Å². The maximum absolute atomic E-state index is 2.36. The van der Waals surface area contributed by atoms with Crippen LogP contribution in [0.25, 0.3) is 0 Å². The van der Waals surface area contributed by atoms with Gasteiger partial charge in [-0.05, 0) is 55.3 Å². The van der Waals surface area contributed by atoms with Gasteiger partial charge in [0.25, 0.3) is 0 Å². The monoisotopic (exact) mass is 178 g/mol. The van der Waals surface area contributed by atoms with Gasteiger partial charge in [-0.2, -0.15) is 0 Å². The second-order valence-electron chi connectivity index (χ2n) is 5.70. The third-order valence-corrected chi connectivity index (χ3v) is 5.23. The highest BCUT2D eigenvalue weighted by atomic mass is 14.6. The molecule has 0 radical (unpaired) electrons. The first-order valence-corrected chi connectivity index (χ1v) is 6.40. The number of hydrogen-bond donors (Lipinski definition) is 0. The molecular weight excluding hydrogens is 156 g/mol. The van der Waals surface area contributed by atoms with E-state index in [0.717, 1.165) is 5.92 Å². The summed E-state index contributed by atoms with van der Waals surface area (Å²) >= 11 is 0. The maximum Gasteiger partial charge on any atom is -0.0352 e. The largest absolute Gasteiger partial charge is 0.0654 e. The minimum absolute atomic E-state index is 1.15. The lowest BCUT2D eigenvalue weighted by Crippen LogP contribution is -2.24. The summed E-state index contributed by atoms with van der Waals surface area (Å²) in [5.41, 5.74) is 0. The molecule has 0 heterocycles. The van der Waals surface area contributed by atoms with Gasteiger partial charge in [0.15, 0.2) is 0 Å². The quantitative estimate of drug-likeness (QED) is 0.602. The van der Waals surface area contributed by atoms with Gasteiger partial charge in [-0.1, -0.05) is 26.2 Å². The van der Waals surface area contributed by atoms with Crippen LogP contribution >= 0.6 is 0 Å². The number of hydrogen-bond acceptors (Lipinski definition) is 0. The second kappa shape index (κ2) is 3.00. The molecule has 3 aliphatic rings. The Labute approximate surface area is 82.1 Å². The molecule has 3 aliphatic carbocycles. The van der Waals surface area contributed by atoms with Gasteiger partial charge in [0.1, 0.15) is 0 Å². The molecule has 13 heavy (non-hydrogen) atoms. The van der Waals surface area contributed by atoms with Gasteiger partial charge in [-0.15, -0.1) is 0 Å². The first-order valence-electron chi connectivity index (χ1n) is 6.40. The minimum Gasteiger partial charge on any atom is -0.0654 e. The topological polar surface area (TPSA) is 0 Å². The fraction of sp³-hybridized carbons (Fsp3) is 1.00. The van der Waals surface area contributed by atoms with E-state index in [2.05, 4.69) is 6.92 Å². The molecule has 0 aromatic carbocycles. The molecule has 0 N–H and O–H groups in total. The van der Waals surface area contributed by atoms with E-state index in [1.54, 1.807) is 32.1 Å². The van der Waals surface area contributed by atoms with Gasteiger partial charge in [0.2, 0.25) is 0 Å². The average Bonchev–Trinajstić information content (AvgIpc) is 2.72. The maximum atomic E-state index is 2.36. The zero-order chi connectivity index (χ0) is 8.84. The molecule has 0 heteroatoms. The summed E-state index contributed by atoms with van der Waals surface area (Å²) in [6.07, 6.45) is 10.9. The van der Waals surface area contributed by atoms with Gasteiger partial charge in [-0.3, -0.25) is 0 Å². The molecule has 0 aliphatic heterocycles. The minimum atomic E-state index is 1.15. The molecule has 0 aromatic heterocycles. The van der Waals surface area contributed by atoms with Crippen molar-refractivity contribution >= 4 is 0 Å². The van der Waals surface area contributed by atoms with Crippen molar-refractivity contribution in [3.63, 3.8) is 0 Å². The molecule has 0 nitrogen and oxygen atoms in total. The molecule has 0 saturated heterocycles. The highest BCUT2D eigenvalue weighted by molar-refractivity contribution is 5.02. The molecule has 0 aromatic rings. The molecule has 3 fully saturated rings. The van der Waals surface area contributed by atoms with E-state index >= 15 is 0 Å². The van der Waals surface area contributed by atoms with Crippen molar-refractivity contribution in [1.29, 1.82) is 0 Å². The van der Waals surface area contributed by atoms with E-state index in [4.69, 9.17) is 0 Å². The molecule has 5 atom stereocenters. The SMILES string of the molecule is CCCC1CC2CC1C1CCCC21. The van der Waals surface area contributed by atoms with Crippen LogP contribution < -0.4 is 0 Å². The normalized spacial score (nSPS) is 52.8. The second-order valence-corrected chi connectivity index (χ2v) is 5.70. The molecule has 0 spiro atoms. The highest BCUT2D eigenvalue weighted by Crippen LogP contribution is 2.61. The fourth-order valence-electron chi connectivity index (χ4n) is 4.91. The van der Waals surface area contributed by atoms with Crippen molar-refractivity contribution < 1.29 is 0 Å². The Bertz CT molecular complexity index is 196. The van der Waals surface area contributed by atoms with Gasteiger partial charge in [0.05, 0.1) is 0 Å². The van der Waals surface area contributed by atoms with Crippen molar-refractivity contribution in [1.82, 2.24) is 0 Å². The Morgan fingerprint density at radius 2 is 1.85 bits per heavy atom. The molecule has 3 saturated carbocycles. The summed E-state index contributed by atoms with van der Waals surface area (Å²) < 4.78 is 0. The van der Waals surface area contributed by atoms with Gasteiger partial charge in [-0.25, -0.2) is 0 Å². The van der Waals surface area contributed by atoms with E-state index in [0.29, 0.717) is 0 Å². The van der Waals surface area contributed by atoms with Crippen LogP contribution in [0, 0.1) is 29.6 Å². The Morgan fingerprint density at radius 3 is 2.69 bits per heavy atom. The summed E-state index contributed by atoms with van der Waals surface area (Å²) in [5.74, 6) is 5.88. The zero-order valence-electron chi connectivity index (χ0n) is 8.84. The first kappa shape index (κ1) is 8.32. The Hall–Kier alpha value is 0. The van der Waals surface area contributed by atoms with Crippen molar-refractivity contribution in [3.8, 4) is 0 Å². The average molecular weight is 178 g/mol. The van der Waals surface area contributed by atoms with Crippen LogP contribution in [0.4, 0.5) is 0 Å². The Balaban J connectivity index is 1.74. The Morgan fingerprint density at radius 1 is 1.00 bits per heavy atom. The lowest BCUT2D eigenvalue weighted by atomic mass is 9.74. The van der Waals surface area contributed by atoms with Gasteiger partial charge in [0, 0.05) is 0 Å². The summed E-state index contributed by atoms with van der Waals surface area (Å²) in [6.45, 7) is 2.36. The van der Waals surface area contributed by atoms with E-state index in [1.807, 2.05) is 0 Å². The van der Waals surface area contributed by atoms with Gasteiger partial charge >= 0.3 is 0 Å². The molecule has 3 rings (SSSR count). The molecule has 0 amide bonds. The van der Waals surface area contributed by atoms with Crippen molar-refractivity contribution in [3.05, 3.63) is 0 Å². The van der Waals surface area contributed by atoms with Crippen LogP contribution in [-0.4, -0.2) is 0 Å². The zero-order valence-corrected chi connectivity index (χ0v) is 8.84. The lowest BCUT2D eigenvalue weighted by molar-refractivity contribution is 0.180. The number of rotatable bonds is 2. The summed E-state index contributed by atoms with van der Waals surface area (Å²) in [7, 11) is 0. The van der Waals surface area contributed by atoms with Crippen molar-refractivity contribution in [2.75, 3.05) is 0 Å². The van der Waals surface area contributed by atoms with E-state index in [1.165, 1.54) is 36.5 Å². The van der Waals surface area contributed by atoms with Crippen LogP contribution in [0.3, 0.4) is 0 Å². The molecular formula is C13H22. The summed E-state index contributed by atoms with van der Waals surface area (Å²) in [5, 5.41) is 0. The third kappa shape index (κ3) is 1.10. The van der Waals surface area contributed by atoms with Gasteiger partial charge < -0.3 is 0 Å². The van der Waals surface area contributed by atoms with E-state index in [9.17, 15) is 0 Å². The summed E-state index contributed by atoms with van der Waals surface area (Å²) in [6, 6.07) is 0. The van der Waals surface area contributed by atoms with E-state index < -0.39 is 0 Å². The molecule has 5 unspecified atom stereocenters. The molecule has 2 bridgehead atoms. The summed E-state index contributed by atoms with van der Waals surface area (Å²) in [4.78, 5) is 0. The predicted octanol–water partition coefficient (Wildman–Crippen LogP) is 3.86. The fourth-order valence-corrected chi connectivity index (χ4v) is 4.91. The third-order valence-electron chi connectivity index (χ3n) is 5.23. The first-order chi connectivity index (χ1) is 6.40. The van der Waals surface area contributed by atoms with Crippen LogP contribution in [0.1, 0.15) is 51.9 Å². The lowest BCUT2D eigenvalue weighted by Gasteiger charge is -2.31. The van der Waals surface area contributed by atoms with Crippen LogP contribution in [-0.2, 0) is 0 Å². The predicted molar refractivity (Wildman–Crippen MR) is 55.4 cm³/mol. The number of fused-ring (bicyclic) bond motifs is 5.